The summed E-state index contributed by atoms with van der Waals surface area (Å²) < 4.78 is 10.4. The van der Waals surface area contributed by atoms with Crippen LogP contribution in [0.4, 0.5) is 0 Å². The molecule has 6 nitrogen and oxygen atoms in total. The van der Waals surface area contributed by atoms with Crippen molar-refractivity contribution in [1.29, 1.82) is 0 Å². The molecule has 6 heteroatoms. The third-order valence-corrected chi connectivity index (χ3v) is 3.66. The van der Waals surface area contributed by atoms with Crippen molar-refractivity contribution in [2.75, 3.05) is 20.8 Å². The van der Waals surface area contributed by atoms with Crippen LogP contribution in [0.3, 0.4) is 0 Å². The van der Waals surface area contributed by atoms with Gasteiger partial charge < -0.3 is 19.9 Å². The van der Waals surface area contributed by atoms with Gasteiger partial charge in [0.05, 0.1) is 25.6 Å². The van der Waals surface area contributed by atoms with Gasteiger partial charge in [0.15, 0.2) is 11.5 Å². The summed E-state index contributed by atoms with van der Waals surface area (Å²) in [7, 11) is 3.08. The minimum Gasteiger partial charge on any atom is -0.493 e. The number of aliphatic carboxylic acids is 1. The Kier molecular flexibility index (Phi) is 5.79. The zero-order valence-electron chi connectivity index (χ0n) is 13.6. The molecule has 0 aliphatic heterocycles. The SMILES string of the molecule is COc1ccc(C(C)(C)C(=O)NCC(C)C(=O)O)cc1OC. The van der Waals surface area contributed by atoms with Crippen LogP contribution >= 0.6 is 0 Å². The largest absolute Gasteiger partial charge is 0.493 e. The van der Waals surface area contributed by atoms with Crippen LogP contribution in [0.1, 0.15) is 26.3 Å². The standard InChI is InChI=1S/C16H23NO5/c1-10(14(18)19)9-17-15(20)16(2,3)11-6-7-12(21-4)13(8-11)22-5/h6-8,10H,9H2,1-5H3,(H,17,20)(H,18,19). The Morgan fingerprint density at radius 1 is 1.23 bits per heavy atom. The smallest absolute Gasteiger partial charge is 0.308 e. The summed E-state index contributed by atoms with van der Waals surface area (Å²) in [6.45, 7) is 5.18. The Hall–Kier alpha value is -2.24. The molecule has 0 heterocycles. The summed E-state index contributed by atoms with van der Waals surface area (Å²) in [5.74, 6) is -0.691. The summed E-state index contributed by atoms with van der Waals surface area (Å²) >= 11 is 0. The molecule has 1 aromatic carbocycles. The predicted molar refractivity (Wildman–Crippen MR) is 82.4 cm³/mol. The Bertz CT molecular complexity index is 553. The van der Waals surface area contributed by atoms with E-state index in [0.717, 1.165) is 5.56 Å². The molecule has 0 aromatic heterocycles. The molecule has 0 radical (unpaired) electrons. The highest BCUT2D eigenvalue weighted by atomic mass is 16.5. The normalized spacial score (nSPS) is 12.4. The molecule has 0 spiro atoms. The molecule has 22 heavy (non-hydrogen) atoms. The second kappa shape index (κ2) is 7.15. The molecule has 1 rings (SSSR count). The van der Waals surface area contributed by atoms with Crippen molar-refractivity contribution in [3.8, 4) is 11.5 Å². The van der Waals surface area contributed by atoms with Crippen LogP contribution < -0.4 is 14.8 Å². The molecule has 0 fully saturated rings. The number of hydrogen-bond donors (Lipinski definition) is 2. The van der Waals surface area contributed by atoms with E-state index in [2.05, 4.69) is 5.32 Å². The van der Waals surface area contributed by atoms with E-state index >= 15 is 0 Å². The summed E-state index contributed by atoms with van der Waals surface area (Å²) in [6, 6.07) is 5.28. The number of methoxy groups -OCH3 is 2. The number of carbonyl (C=O) groups excluding carboxylic acids is 1. The number of nitrogens with one attached hydrogen (secondary N) is 1. The first-order valence-electron chi connectivity index (χ1n) is 6.97. The molecular formula is C16H23NO5. The number of carbonyl (C=O) groups is 2. The number of carboxylic acid groups (broad SMARTS) is 1. The van der Waals surface area contributed by atoms with Gasteiger partial charge in [0, 0.05) is 6.54 Å². The summed E-state index contributed by atoms with van der Waals surface area (Å²) in [5.41, 5.74) is -0.0664. The van der Waals surface area contributed by atoms with E-state index in [1.807, 2.05) is 0 Å². The number of ether oxygens (including phenoxy) is 2. The topological polar surface area (TPSA) is 84.9 Å². The van der Waals surface area contributed by atoms with E-state index < -0.39 is 17.3 Å². The van der Waals surface area contributed by atoms with Crippen molar-refractivity contribution in [2.45, 2.75) is 26.2 Å². The van der Waals surface area contributed by atoms with Crippen molar-refractivity contribution in [3.05, 3.63) is 23.8 Å². The lowest BCUT2D eigenvalue weighted by Crippen LogP contribution is -2.42. The van der Waals surface area contributed by atoms with Gasteiger partial charge in [-0.05, 0) is 31.5 Å². The summed E-state index contributed by atoms with van der Waals surface area (Å²) in [5, 5.41) is 11.5. The van der Waals surface area contributed by atoms with Gasteiger partial charge >= 0.3 is 5.97 Å². The number of hydrogen-bond acceptors (Lipinski definition) is 4. The van der Waals surface area contributed by atoms with Gasteiger partial charge in [-0.2, -0.15) is 0 Å². The zero-order chi connectivity index (χ0) is 16.9. The molecule has 0 saturated heterocycles. The third-order valence-electron chi connectivity index (χ3n) is 3.66. The van der Waals surface area contributed by atoms with Gasteiger partial charge in [0.2, 0.25) is 5.91 Å². The minimum absolute atomic E-state index is 0.0882. The van der Waals surface area contributed by atoms with Crippen molar-refractivity contribution in [1.82, 2.24) is 5.32 Å². The average molecular weight is 309 g/mol. The van der Waals surface area contributed by atoms with Crippen LogP contribution in [-0.2, 0) is 15.0 Å². The number of amides is 1. The van der Waals surface area contributed by atoms with E-state index in [4.69, 9.17) is 14.6 Å². The Labute approximate surface area is 130 Å². The molecular weight excluding hydrogens is 286 g/mol. The van der Waals surface area contributed by atoms with E-state index in [9.17, 15) is 9.59 Å². The second-order valence-corrected chi connectivity index (χ2v) is 5.64. The monoisotopic (exact) mass is 309 g/mol. The van der Waals surface area contributed by atoms with Crippen molar-refractivity contribution >= 4 is 11.9 Å². The predicted octanol–water partition coefficient (Wildman–Crippen LogP) is 1.82. The number of carboxylic acids is 1. The maximum atomic E-state index is 12.4. The van der Waals surface area contributed by atoms with Gasteiger partial charge in [-0.1, -0.05) is 13.0 Å². The molecule has 0 saturated carbocycles. The lowest BCUT2D eigenvalue weighted by Gasteiger charge is -2.25. The highest BCUT2D eigenvalue weighted by molar-refractivity contribution is 5.88. The maximum absolute atomic E-state index is 12.4. The van der Waals surface area contributed by atoms with Crippen LogP contribution in [0, 0.1) is 5.92 Å². The van der Waals surface area contributed by atoms with E-state index in [0.29, 0.717) is 11.5 Å². The fourth-order valence-electron chi connectivity index (χ4n) is 1.91. The molecule has 0 aliphatic rings. The minimum atomic E-state index is -0.941. The molecule has 0 aliphatic carbocycles. The average Bonchev–Trinajstić information content (AvgIpc) is 2.50. The second-order valence-electron chi connectivity index (χ2n) is 5.64. The first kappa shape index (κ1) is 17.8. The first-order valence-corrected chi connectivity index (χ1v) is 6.97. The highest BCUT2D eigenvalue weighted by Gasteiger charge is 2.31. The Morgan fingerprint density at radius 3 is 2.32 bits per heavy atom. The number of rotatable bonds is 7. The molecule has 0 bridgehead atoms. The van der Waals surface area contributed by atoms with Crippen LogP contribution in [0.5, 0.6) is 11.5 Å². The first-order chi connectivity index (χ1) is 10.2. The van der Waals surface area contributed by atoms with Gasteiger partial charge in [-0.15, -0.1) is 0 Å². The van der Waals surface area contributed by atoms with Crippen molar-refractivity contribution in [2.24, 2.45) is 5.92 Å². The Balaban J connectivity index is 2.93. The highest BCUT2D eigenvalue weighted by Crippen LogP contribution is 2.33. The molecule has 122 valence electrons. The maximum Gasteiger partial charge on any atom is 0.308 e. The van der Waals surface area contributed by atoms with E-state index in [-0.39, 0.29) is 12.5 Å². The van der Waals surface area contributed by atoms with Crippen molar-refractivity contribution < 1.29 is 24.2 Å². The summed E-state index contributed by atoms with van der Waals surface area (Å²) in [6.07, 6.45) is 0. The lowest BCUT2D eigenvalue weighted by molar-refractivity contribution is -0.141. The Morgan fingerprint density at radius 2 is 1.82 bits per heavy atom. The van der Waals surface area contributed by atoms with Crippen LogP contribution in [0.15, 0.2) is 18.2 Å². The van der Waals surface area contributed by atoms with Crippen LogP contribution in [-0.4, -0.2) is 37.7 Å². The third kappa shape index (κ3) is 3.90. The molecule has 2 N–H and O–H groups in total. The van der Waals surface area contributed by atoms with Gasteiger partial charge in [-0.25, -0.2) is 0 Å². The van der Waals surface area contributed by atoms with Gasteiger partial charge in [0.1, 0.15) is 0 Å². The summed E-state index contributed by atoms with van der Waals surface area (Å²) in [4.78, 5) is 23.2. The van der Waals surface area contributed by atoms with E-state index in [1.54, 1.807) is 46.1 Å². The molecule has 1 atom stereocenters. The van der Waals surface area contributed by atoms with Gasteiger partial charge in [0.25, 0.3) is 0 Å². The van der Waals surface area contributed by atoms with E-state index in [1.165, 1.54) is 7.11 Å². The molecule has 1 aromatic rings. The zero-order valence-corrected chi connectivity index (χ0v) is 13.6. The van der Waals surface area contributed by atoms with Crippen LogP contribution in [0.25, 0.3) is 0 Å². The fraction of sp³-hybridized carbons (Fsp3) is 0.500. The molecule has 1 unspecified atom stereocenters. The van der Waals surface area contributed by atoms with Crippen molar-refractivity contribution in [3.63, 3.8) is 0 Å². The fourth-order valence-corrected chi connectivity index (χ4v) is 1.91. The van der Waals surface area contributed by atoms with Gasteiger partial charge in [-0.3, -0.25) is 9.59 Å². The number of benzene rings is 1. The lowest BCUT2D eigenvalue weighted by atomic mass is 9.83. The van der Waals surface area contributed by atoms with Crippen LogP contribution in [0.2, 0.25) is 0 Å². The quantitative estimate of drug-likeness (QED) is 0.802. The molecule has 1 amide bonds.